The maximum Gasteiger partial charge on any atom is 0.294 e. The highest BCUT2D eigenvalue weighted by molar-refractivity contribution is 6.03. The first kappa shape index (κ1) is 15.3. The lowest BCUT2D eigenvalue weighted by Crippen LogP contribution is -2.34. The first-order valence-corrected chi connectivity index (χ1v) is 9.09. The Kier molecular flexibility index (Phi) is 3.11. The Labute approximate surface area is 152 Å². The van der Waals surface area contributed by atoms with Crippen LogP contribution in [-0.4, -0.2) is 4.98 Å². The third-order valence-electron chi connectivity index (χ3n) is 5.45. The Morgan fingerprint density at radius 1 is 1.04 bits per heavy atom. The van der Waals surface area contributed by atoms with Crippen LogP contribution < -0.4 is 9.30 Å². The van der Waals surface area contributed by atoms with E-state index in [0.717, 1.165) is 22.5 Å². The molecule has 0 fully saturated rings. The second-order valence-electron chi connectivity index (χ2n) is 7.44. The molecule has 0 aliphatic carbocycles. The highest BCUT2D eigenvalue weighted by atomic mass is 16.5. The largest absolute Gasteiger partial charge is 0.433 e. The van der Waals surface area contributed by atoms with Crippen molar-refractivity contribution in [1.82, 2.24) is 4.98 Å². The number of hydrogen-bond donors (Lipinski definition) is 0. The molecular weight excluding hydrogens is 320 g/mol. The summed E-state index contributed by atoms with van der Waals surface area (Å²) in [6, 6.07) is 17.1. The van der Waals surface area contributed by atoms with Gasteiger partial charge in [-0.05, 0) is 41.5 Å². The summed E-state index contributed by atoms with van der Waals surface area (Å²) >= 11 is 0. The van der Waals surface area contributed by atoms with Crippen molar-refractivity contribution in [3.63, 3.8) is 0 Å². The molecule has 0 spiro atoms. The van der Waals surface area contributed by atoms with Crippen LogP contribution in [0.25, 0.3) is 33.1 Å². The Hall–Kier alpha value is -2.94. The third-order valence-corrected chi connectivity index (χ3v) is 5.45. The molecule has 0 saturated heterocycles. The number of aromatic nitrogens is 2. The molecule has 26 heavy (non-hydrogen) atoms. The van der Waals surface area contributed by atoms with Gasteiger partial charge in [-0.15, -0.1) is 0 Å². The molecule has 0 N–H and O–H groups in total. The number of benzene rings is 3. The topological polar surface area (TPSA) is 26.0 Å². The van der Waals surface area contributed by atoms with Gasteiger partial charge in [-0.1, -0.05) is 44.2 Å². The molecule has 4 aromatic rings. The minimum absolute atomic E-state index is 0.472. The summed E-state index contributed by atoms with van der Waals surface area (Å²) in [6.07, 6.45) is 0. The average molecular weight is 341 g/mol. The molecule has 128 valence electrons. The highest BCUT2D eigenvalue weighted by Crippen LogP contribution is 2.45. The first-order valence-electron chi connectivity index (χ1n) is 9.09. The number of hydrogen-bond acceptors (Lipinski definition) is 2. The molecular formula is C23H21N2O+. The van der Waals surface area contributed by atoms with Gasteiger partial charge < -0.3 is 4.74 Å². The van der Waals surface area contributed by atoms with Gasteiger partial charge in [0, 0.05) is 11.5 Å². The quantitative estimate of drug-likeness (QED) is 0.381. The van der Waals surface area contributed by atoms with Gasteiger partial charge in [0.25, 0.3) is 11.6 Å². The van der Waals surface area contributed by atoms with E-state index in [4.69, 9.17) is 9.72 Å². The van der Waals surface area contributed by atoms with Gasteiger partial charge in [0.15, 0.2) is 0 Å². The zero-order chi connectivity index (χ0) is 18.0. The lowest BCUT2D eigenvalue weighted by Gasteiger charge is -2.20. The Morgan fingerprint density at radius 3 is 2.69 bits per heavy atom. The molecule has 0 saturated carbocycles. The van der Waals surface area contributed by atoms with Crippen molar-refractivity contribution in [3.8, 4) is 22.9 Å². The van der Waals surface area contributed by atoms with E-state index in [1.807, 2.05) is 12.1 Å². The van der Waals surface area contributed by atoms with Crippen LogP contribution in [0.3, 0.4) is 0 Å². The molecule has 3 heteroatoms. The van der Waals surface area contributed by atoms with E-state index in [1.165, 1.54) is 27.5 Å². The van der Waals surface area contributed by atoms with Gasteiger partial charge >= 0.3 is 0 Å². The molecule has 0 atom stereocenters. The number of nitrogens with zero attached hydrogens (tertiary/aromatic N) is 2. The van der Waals surface area contributed by atoms with Crippen LogP contribution in [0.1, 0.15) is 30.9 Å². The predicted octanol–water partition coefficient (Wildman–Crippen LogP) is 5.42. The highest BCUT2D eigenvalue weighted by Gasteiger charge is 2.31. The van der Waals surface area contributed by atoms with Crippen molar-refractivity contribution in [2.75, 3.05) is 0 Å². The predicted molar refractivity (Wildman–Crippen MR) is 105 cm³/mol. The molecule has 2 heterocycles. The van der Waals surface area contributed by atoms with E-state index in [2.05, 4.69) is 68.8 Å². The third kappa shape index (κ3) is 2.00. The van der Waals surface area contributed by atoms with Gasteiger partial charge in [0.05, 0.1) is 5.56 Å². The van der Waals surface area contributed by atoms with Crippen molar-refractivity contribution in [3.05, 3.63) is 59.7 Å². The molecule has 0 unspecified atom stereocenters. The molecule has 0 amide bonds. The summed E-state index contributed by atoms with van der Waals surface area (Å²) in [5.41, 5.74) is 6.90. The van der Waals surface area contributed by atoms with Crippen molar-refractivity contribution < 1.29 is 9.30 Å². The molecule has 5 rings (SSSR count). The summed E-state index contributed by atoms with van der Waals surface area (Å²) in [5.74, 6) is 2.05. The molecule has 3 nitrogen and oxygen atoms in total. The zero-order valence-corrected chi connectivity index (χ0v) is 15.5. The number of ether oxygens (including phenoxy) is 1. The summed E-state index contributed by atoms with van der Waals surface area (Å²) in [5, 5.41) is 2.37. The fraction of sp³-hybridized carbons (Fsp3) is 0.217. The standard InChI is InChI=1S/C23H21N2O/c1-13(2)16-10-11-18-17(12-16)24-23-22(25(18)4)20-14(3)8-9-15-6-5-7-19(26-23)21(15)20/h5-13H,1-4H3/q+1. The van der Waals surface area contributed by atoms with Crippen LogP contribution in [0.2, 0.25) is 0 Å². The summed E-state index contributed by atoms with van der Waals surface area (Å²) in [6.45, 7) is 6.57. The minimum atomic E-state index is 0.472. The molecule has 1 aromatic heterocycles. The monoisotopic (exact) mass is 341 g/mol. The first-order chi connectivity index (χ1) is 12.5. The molecule has 0 bridgehead atoms. The minimum Gasteiger partial charge on any atom is -0.433 e. The number of aryl methyl sites for hydroxylation is 2. The zero-order valence-electron chi connectivity index (χ0n) is 15.5. The lowest BCUT2D eigenvalue weighted by atomic mass is 9.94. The summed E-state index contributed by atoms with van der Waals surface area (Å²) in [4.78, 5) is 4.90. The number of fused-ring (bicyclic) bond motifs is 3. The Bertz CT molecular complexity index is 1210. The SMILES string of the molecule is Cc1ccc2cccc3c2c1-c1c(nc2cc(C(C)C)ccc2[n+]1C)O3. The van der Waals surface area contributed by atoms with Gasteiger partial charge in [-0.2, -0.15) is 4.57 Å². The van der Waals surface area contributed by atoms with Crippen LogP contribution in [0, 0.1) is 6.92 Å². The maximum absolute atomic E-state index is 6.26. The fourth-order valence-corrected chi connectivity index (χ4v) is 3.99. The van der Waals surface area contributed by atoms with Crippen molar-refractivity contribution in [1.29, 1.82) is 0 Å². The Morgan fingerprint density at radius 2 is 1.88 bits per heavy atom. The van der Waals surface area contributed by atoms with Crippen LogP contribution in [0.5, 0.6) is 11.6 Å². The van der Waals surface area contributed by atoms with Crippen LogP contribution >= 0.6 is 0 Å². The lowest BCUT2D eigenvalue weighted by molar-refractivity contribution is -0.634. The molecule has 1 aliphatic rings. The van der Waals surface area contributed by atoms with Gasteiger partial charge in [-0.3, -0.25) is 0 Å². The Balaban J connectivity index is 1.91. The molecule has 1 aliphatic heterocycles. The van der Waals surface area contributed by atoms with Gasteiger partial charge in [0.2, 0.25) is 5.52 Å². The normalized spacial score (nSPS) is 12.5. The van der Waals surface area contributed by atoms with E-state index in [-0.39, 0.29) is 0 Å². The molecule has 3 aromatic carbocycles. The van der Waals surface area contributed by atoms with E-state index < -0.39 is 0 Å². The van der Waals surface area contributed by atoms with Gasteiger partial charge in [0.1, 0.15) is 18.3 Å². The number of rotatable bonds is 1. The second-order valence-corrected chi connectivity index (χ2v) is 7.44. The second kappa shape index (κ2) is 5.28. The summed E-state index contributed by atoms with van der Waals surface area (Å²) < 4.78 is 8.48. The van der Waals surface area contributed by atoms with Crippen molar-refractivity contribution >= 4 is 21.8 Å². The van der Waals surface area contributed by atoms with E-state index in [0.29, 0.717) is 11.8 Å². The van der Waals surface area contributed by atoms with Crippen LogP contribution in [0.4, 0.5) is 0 Å². The summed E-state index contributed by atoms with van der Waals surface area (Å²) in [7, 11) is 2.10. The smallest absolute Gasteiger partial charge is 0.294 e. The van der Waals surface area contributed by atoms with E-state index in [9.17, 15) is 0 Å². The average Bonchev–Trinajstić information content (AvgIpc) is 2.63. The van der Waals surface area contributed by atoms with E-state index >= 15 is 0 Å². The van der Waals surface area contributed by atoms with Crippen molar-refractivity contribution in [2.45, 2.75) is 26.7 Å². The molecule has 0 radical (unpaired) electrons. The maximum atomic E-state index is 6.26. The van der Waals surface area contributed by atoms with Crippen LogP contribution in [0.15, 0.2) is 48.5 Å². The van der Waals surface area contributed by atoms with Crippen LogP contribution in [-0.2, 0) is 7.05 Å². The van der Waals surface area contributed by atoms with E-state index in [1.54, 1.807) is 0 Å². The van der Waals surface area contributed by atoms with Gasteiger partial charge in [-0.25, -0.2) is 4.98 Å². The fourth-order valence-electron chi connectivity index (χ4n) is 3.99. The van der Waals surface area contributed by atoms with Crippen molar-refractivity contribution in [2.24, 2.45) is 7.05 Å².